The number of benzene rings is 1. The Kier molecular flexibility index (Phi) is 8.31. The quantitative estimate of drug-likeness (QED) is 0.447. The highest BCUT2D eigenvalue weighted by Gasteiger charge is 2.30. The Balaban J connectivity index is 1.74. The predicted octanol–water partition coefficient (Wildman–Crippen LogP) is 5.93. The van der Waals surface area contributed by atoms with Crippen LogP contribution in [-0.2, 0) is 10.0 Å². The maximum Gasteiger partial charge on any atom is 0.212 e. The second kappa shape index (κ2) is 11.5. The van der Waals surface area contributed by atoms with Crippen molar-refractivity contribution in [2.24, 2.45) is 0 Å². The number of sulfonamides is 1. The van der Waals surface area contributed by atoms with Crippen molar-refractivity contribution in [3.63, 3.8) is 0 Å². The summed E-state index contributed by atoms with van der Waals surface area (Å²) in [5.41, 5.74) is 7.80. The maximum absolute atomic E-state index is 12.2. The lowest BCUT2D eigenvalue weighted by Gasteiger charge is -2.39. The van der Waals surface area contributed by atoms with Gasteiger partial charge >= 0.3 is 0 Å². The minimum absolute atomic E-state index is 0.124. The van der Waals surface area contributed by atoms with E-state index in [0.29, 0.717) is 31.0 Å². The average Bonchev–Trinajstić information content (AvgIpc) is 2.89. The van der Waals surface area contributed by atoms with E-state index in [2.05, 4.69) is 71.8 Å². The normalized spacial score (nSPS) is 17.6. The zero-order valence-corrected chi connectivity index (χ0v) is 23.0. The van der Waals surface area contributed by atoms with Gasteiger partial charge in [-0.2, -0.15) is 5.26 Å². The fourth-order valence-corrected chi connectivity index (χ4v) is 6.53. The molecule has 0 saturated heterocycles. The maximum atomic E-state index is 12.2. The van der Waals surface area contributed by atoms with Crippen molar-refractivity contribution >= 4 is 21.3 Å². The van der Waals surface area contributed by atoms with Crippen LogP contribution in [0.3, 0.4) is 0 Å². The number of anilines is 1. The first kappa shape index (κ1) is 26.8. The largest absolute Gasteiger partial charge is 0.364 e. The smallest absolute Gasteiger partial charge is 0.212 e. The summed E-state index contributed by atoms with van der Waals surface area (Å²) >= 11 is 0. The van der Waals surface area contributed by atoms with Gasteiger partial charge in [0.1, 0.15) is 6.07 Å². The highest BCUT2D eigenvalue weighted by Crippen LogP contribution is 2.41. The van der Waals surface area contributed by atoms with Crippen molar-refractivity contribution in [1.29, 1.82) is 5.26 Å². The minimum Gasteiger partial charge on any atom is -0.364 e. The molecule has 1 aliphatic heterocycles. The summed E-state index contributed by atoms with van der Waals surface area (Å²) in [5, 5.41) is 10.3. The number of hydrogen-bond donors (Lipinski definition) is 1. The van der Waals surface area contributed by atoms with E-state index in [0.717, 1.165) is 52.1 Å². The molecule has 1 atom stereocenters. The molecular weight excluding hydrogens is 480 g/mol. The van der Waals surface area contributed by atoms with Gasteiger partial charge in [-0.25, -0.2) is 13.1 Å². The molecule has 2 aliphatic rings. The van der Waals surface area contributed by atoms with Gasteiger partial charge in [0, 0.05) is 41.6 Å². The molecule has 2 aromatic rings. The van der Waals surface area contributed by atoms with Crippen molar-refractivity contribution in [3.05, 3.63) is 77.0 Å². The van der Waals surface area contributed by atoms with Crippen LogP contribution in [0, 0.1) is 18.3 Å². The molecule has 0 saturated carbocycles. The second-order valence-electron chi connectivity index (χ2n) is 9.81. The molecule has 4 rings (SSSR count). The van der Waals surface area contributed by atoms with Gasteiger partial charge in [0.2, 0.25) is 10.0 Å². The molecule has 2 heterocycles. The number of fused-ring (bicyclic) bond motifs is 1. The first-order chi connectivity index (χ1) is 17.8. The topological polar surface area (TPSA) is 86.1 Å². The van der Waals surface area contributed by atoms with Crippen LogP contribution < -0.4 is 9.62 Å². The first-order valence-electron chi connectivity index (χ1n) is 13.2. The lowest BCUT2D eigenvalue weighted by molar-refractivity contribution is 0.567. The van der Waals surface area contributed by atoms with Crippen molar-refractivity contribution in [3.8, 4) is 17.3 Å². The van der Waals surface area contributed by atoms with Crippen LogP contribution in [0.25, 0.3) is 16.8 Å². The van der Waals surface area contributed by atoms with Gasteiger partial charge in [-0.1, -0.05) is 51.1 Å². The molecule has 1 aromatic carbocycles. The number of aromatic nitrogens is 1. The first-order valence-corrected chi connectivity index (χ1v) is 14.8. The number of nitriles is 1. The molecule has 0 spiro atoms. The van der Waals surface area contributed by atoms with E-state index < -0.39 is 10.0 Å². The van der Waals surface area contributed by atoms with Gasteiger partial charge in [0.15, 0.2) is 0 Å². The number of nitrogens with one attached hydrogen (secondary N) is 1. The second-order valence-corrected chi connectivity index (χ2v) is 11.7. The van der Waals surface area contributed by atoms with Gasteiger partial charge in [-0.15, -0.1) is 0 Å². The molecule has 1 aliphatic carbocycles. The average molecular weight is 517 g/mol. The molecule has 1 unspecified atom stereocenters. The Morgan fingerprint density at radius 2 is 1.97 bits per heavy atom. The third-order valence-electron chi connectivity index (χ3n) is 7.17. The van der Waals surface area contributed by atoms with Crippen LogP contribution in [0.5, 0.6) is 0 Å². The molecule has 0 bridgehead atoms. The summed E-state index contributed by atoms with van der Waals surface area (Å²) in [5.74, 6) is 0.124. The third kappa shape index (κ3) is 5.87. The van der Waals surface area contributed by atoms with Crippen LogP contribution in [0.4, 0.5) is 5.69 Å². The standard InChI is InChI=1S/C30H36N4O2S/c1-5-16-37(35,36)33-24-11-8-22(9-12-24)28-20-34(25(6-2)7-3)30-18-23(10-13-26(30)27(28)19-31)29-17-21(4)14-15-32-29/h8-11,13-15,17-18,24-25,33H,5-7,12,16,20H2,1-4H3. The molecule has 0 amide bonds. The number of aryl methyl sites for hydroxylation is 1. The molecule has 194 valence electrons. The molecular formula is C30H36N4O2S. The molecule has 0 radical (unpaired) electrons. The van der Waals surface area contributed by atoms with Crippen LogP contribution in [0.2, 0.25) is 0 Å². The SMILES string of the molecule is CCCS(=O)(=O)NC1C=CC(C2=C(C#N)c3ccc(-c4cc(C)ccn4)cc3N(C(CC)CC)C2)=CC1. The lowest BCUT2D eigenvalue weighted by atomic mass is 9.85. The fourth-order valence-electron chi connectivity index (χ4n) is 5.24. The molecule has 7 heteroatoms. The van der Waals surface area contributed by atoms with Crippen molar-refractivity contribution < 1.29 is 8.42 Å². The van der Waals surface area contributed by atoms with Gasteiger partial charge in [-0.05, 0) is 67.5 Å². The molecule has 37 heavy (non-hydrogen) atoms. The highest BCUT2D eigenvalue weighted by molar-refractivity contribution is 7.89. The van der Waals surface area contributed by atoms with Gasteiger partial charge in [-0.3, -0.25) is 4.98 Å². The van der Waals surface area contributed by atoms with Gasteiger partial charge in [0.25, 0.3) is 0 Å². The minimum atomic E-state index is -3.29. The van der Waals surface area contributed by atoms with E-state index in [1.165, 1.54) is 0 Å². The Bertz CT molecular complexity index is 1390. The van der Waals surface area contributed by atoms with Crippen LogP contribution in [0.15, 0.2) is 65.9 Å². The highest BCUT2D eigenvalue weighted by atomic mass is 32.2. The molecule has 0 fully saturated rings. The number of rotatable bonds is 9. The van der Waals surface area contributed by atoms with E-state index in [1.54, 1.807) is 0 Å². The Hall–Kier alpha value is -3.21. The molecule has 6 nitrogen and oxygen atoms in total. The van der Waals surface area contributed by atoms with Crippen molar-refractivity contribution in [1.82, 2.24) is 9.71 Å². The van der Waals surface area contributed by atoms with E-state index in [9.17, 15) is 13.7 Å². The third-order valence-corrected chi connectivity index (χ3v) is 8.77. The van der Waals surface area contributed by atoms with Gasteiger partial charge < -0.3 is 4.90 Å². The predicted molar refractivity (Wildman–Crippen MR) is 152 cm³/mol. The summed E-state index contributed by atoms with van der Waals surface area (Å²) in [4.78, 5) is 7.00. The van der Waals surface area contributed by atoms with E-state index >= 15 is 0 Å². The zero-order valence-electron chi connectivity index (χ0n) is 22.2. The molecule has 1 N–H and O–H groups in total. The van der Waals surface area contributed by atoms with Crippen LogP contribution in [-0.4, -0.2) is 37.8 Å². The number of pyridine rings is 1. The lowest BCUT2D eigenvalue weighted by Crippen LogP contribution is -2.39. The zero-order chi connectivity index (χ0) is 26.6. The Morgan fingerprint density at radius 3 is 2.59 bits per heavy atom. The number of allylic oxidation sites excluding steroid dienone is 2. The summed E-state index contributed by atoms with van der Waals surface area (Å²) in [6.07, 6.45) is 10.9. The number of nitrogens with zero attached hydrogens (tertiary/aromatic N) is 3. The monoisotopic (exact) mass is 516 g/mol. The van der Waals surface area contributed by atoms with Crippen molar-refractivity contribution in [2.45, 2.75) is 65.5 Å². The Labute approximate surface area is 221 Å². The van der Waals surface area contributed by atoms with E-state index in [-0.39, 0.29) is 11.8 Å². The van der Waals surface area contributed by atoms with E-state index in [4.69, 9.17) is 0 Å². The van der Waals surface area contributed by atoms with Crippen LogP contribution in [0.1, 0.15) is 57.6 Å². The Morgan fingerprint density at radius 1 is 1.19 bits per heavy atom. The summed E-state index contributed by atoms with van der Waals surface area (Å²) < 4.78 is 27.2. The summed E-state index contributed by atoms with van der Waals surface area (Å²) in [7, 11) is -3.29. The van der Waals surface area contributed by atoms with Crippen molar-refractivity contribution in [2.75, 3.05) is 17.2 Å². The van der Waals surface area contributed by atoms with Gasteiger partial charge in [0.05, 0.1) is 17.0 Å². The fraction of sp³-hybridized carbons (Fsp3) is 0.400. The van der Waals surface area contributed by atoms with Crippen LogP contribution >= 0.6 is 0 Å². The van der Waals surface area contributed by atoms with E-state index in [1.807, 2.05) is 31.3 Å². The summed E-state index contributed by atoms with van der Waals surface area (Å²) in [6.45, 7) is 8.96. The number of hydrogen-bond acceptors (Lipinski definition) is 5. The summed E-state index contributed by atoms with van der Waals surface area (Å²) in [6, 6.07) is 12.9. The molecule has 1 aromatic heterocycles.